The number of nitrogens with zero attached hydrogens (tertiary/aromatic N) is 2. The SMILES string of the molecule is CCNc1cc(Nc2ccc(NC(=O)Nc3ccccc3OC(F)(F)F)cc2)nc(C)n1. The lowest BCUT2D eigenvalue weighted by Gasteiger charge is -2.14. The summed E-state index contributed by atoms with van der Waals surface area (Å²) in [4.78, 5) is 20.8. The van der Waals surface area contributed by atoms with Crippen molar-refractivity contribution >= 4 is 34.7 Å². The smallest absolute Gasteiger partial charge is 0.404 e. The molecule has 3 aromatic rings. The molecular formula is C21H21F3N6O2. The lowest BCUT2D eigenvalue weighted by Crippen LogP contribution is -2.22. The second kappa shape index (κ2) is 9.86. The highest BCUT2D eigenvalue weighted by Gasteiger charge is 2.32. The molecule has 168 valence electrons. The van der Waals surface area contributed by atoms with Crippen LogP contribution in [0.5, 0.6) is 5.75 Å². The molecule has 2 amide bonds. The van der Waals surface area contributed by atoms with Crippen LogP contribution < -0.4 is 26.0 Å². The first kappa shape index (κ1) is 22.7. The van der Waals surface area contributed by atoms with Crippen LogP contribution in [-0.2, 0) is 0 Å². The van der Waals surface area contributed by atoms with E-state index in [1.165, 1.54) is 18.2 Å². The molecule has 0 saturated carbocycles. The van der Waals surface area contributed by atoms with E-state index >= 15 is 0 Å². The van der Waals surface area contributed by atoms with Gasteiger partial charge in [-0.3, -0.25) is 0 Å². The maximum absolute atomic E-state index is 12.5. The van der Waals surface area contributed by atoms with Crippen LogP contribution in [0.1, 0.15) is 12.7 Å². The second-order valence-corrected chi connectivity index (χ2v) is 6.54. The van der Waals surface area contributed by atoms with Gasteiger partial charge in [-0.2, -0.15) is 0 Å². The third-order valence-corrected chi connectivity index (χ3v) is 3.97. The van der Waals surface area contributed by atoms with E-state index in [2.05, 4.69) is 36.0 Å². The first-order valence-corrected chi connectivity index (χ1v) is 9.61. The van der Waals surface area contributed by atoms with Gasteiger partial charge in [0.2, 0.25) is 0 Å². The van der Waals surface area contributed by atoms with Gasteiger partial charge in [-0.15, -0.1) is 13.2 Å². The van der Waals surface area contributed by atoms with Crippen molar-refractivity contribution in [1.82, 2.24) is 9.97 Å². The number of carbonyl (C=O) groups excluding carboxylic acids is 1. The molecule has 0 radical (unpaired) electrons. The predicted octanol–water partition coefficient (Wildman–Crippen LogP) is 5.50. The number of aryl methyl sites for hydroxylation is 1. The van der Waals surface area contributed by atoms with E-state index < -0.39 is 18.1 Å². The molecule has 0 aliphatic carbocycles. The minimum absolute atomic E-state index is 0.115. The molecule has 4 N–H and O–H groups in total. The summed E-state index contributed by atoms with van der Waals surface area (Å²) in [7, 11) is 0. The first-order chi connectivity index (χ1) is 15.2. The number of carbonyl (C=O) groups is 1. The van der Waals surface area contributed by atoms with Crippen molar-refractivity contribution in [2.75, 3.05) is 27.8 Å². The van der Waals surface area contributed by atoms with E-state index in [1.807, 2.05) is 6.92 Å². The van der Waals surface area contributed by atoms with Crippen molar-refractivity contribution in [1.29, 1.82) is 0 Å². The summed E-state index contributed by atoms with van der Waals surface area (Å²) in [6.07, 6.45) is -4.87. The Labute approximate surface area is 182 Å². The zero-order valence-electron chi connectivity index (χ0n) is 17.2. The number of halogens is 3. The van der Waals surface area contributed by atoms with Crippen molar-refractivity contribution in [2.24, 2.45) is 0 Å². The minimum Gasteiger partial charge on any atom is -0.404 e. The summed E-state index contributed by atoms with van der Waals surface area (Å²) < 4.78 is 41.5. The van der Waals surface area contributed by atoms with Crippen LogP contribution in [0.3, 0.4) is 0 Å². The Morgan fingerprint density at radius 2 is 1.62 bits per heavy atom. The molecule has 0 unspecified atom stereocenters. The van der Waals surface area contributed by atoms with E-state index in [1.54, 1.807) is 37.3 Å². The summed E-state index contributed by atoms with van der Waals surface area (Å²) in [5, 5.41) is 11.2. The predicted molar refractivity (Wildman–Crippen MR) is 116 cm³/mol. The molecule has 0 spiro atoms. The number of rotatable bonds is 7. The van der Waals surface area contributed by atoms with Gasteiger partial charge in [-0.05, 0) is 50.2 Å². The van der Waals surface area contributed by atoms with Crippen molar-refractivity contribution in [2.45, 2.75) is 20.2 Å². The number of nitrogens with one attached hydrogen (secondary N) is 4. The highest BCUT2D eigenvalue weighted by atomic mass is 19.4. The second-order valence-electron chi connectivity index (χ2n) is 6.54. The third-order valence-electron chi connectivity index (χ3n) is 3.97. The molecule has 0 bridgehead atoms. The van der Waals surface area contributed by atoms with Gasteiger partial charge in [0.05, 0.1) is 5.69 Å². The van der Waals surface area contributed by atoms with Crippen LogP contribution >= 0.6 is 0 Å². The lowest BCUT2D eigenvalue weighted by molar-refractivity contribution is -0.274. The van der Waals surface area contributed by atoms with E-state index in [9.17, 15) is 18.0 Å². The lowest BCUT2D eigenvalue weighted by atomic mass is 10.2. The van der Waals surface area contributed by atoms with E-state index in [0.29, 0.717) is 23.1 Å². The number of hydrogen-bond donors (Lipinski definition) is 4. The fourth-order valence-corrected chi connectivity index (χ4v) is 2.76. The van der Waals surface area contributed by atoms with Gasteiger partial charge >= 0.3 is 12.4 Å². The van der Waals surface area contributed by atoms with E-state index in [0.717, 1.165) is 18.3 Å². The van der Waals surface area contributed by atoms with Crippen LogP contribution in [0.2, 0.25) is 0 Å². The van der Waals surface area contributed by atoms with Gasteiger partial charge in [-0.1, -0.05) is 12.1 Å². The van der Waals surface area contributed by atoms with Crippen LogP contribution in [-0.4, -0.2) is 28.9 Å². The number of urea groups is 1. The van der Waals surface area contributed by atoms with E-state index in [-0.39, 0.29) is 5.69 Å². The van der Waals surface area contributed by atoms with Gasteiger partial charge in [0.15, 0.2) is 5.75 Å². The fraction of sp³-hybridized carbons (Fsp3) is 0.190. The summed E-state index contributed by atoms with van der Waals surface area (Å²) in [5.41, 5.74) is 1.05. The number of benzene rings is 2. The highest BCUT2D eigenvalue weighted by Crippen LogP contribution is 2.30. The molecule has 8 nitrogen and oxygen atoms in total. The molecule has 2 aromatic carbocycles. The summed E-state index contributed by atoms with van der Waals surface area (Å²) in [5.74, 6) is 1.41. The summed E-state index contributed by atoms with van der Waals surface area (Å²) in [6, 6.07) is 13.0. The quantitative estimate of drug-likeness (QED) is 0.382. The van der Waals surface area contributed by atoms with Crippen LogP contribution in [0.25, 0.3) is 0 Å². The number of para-hydroxylation sites is 2. The number of ether oxygens (including phenoxy) is 1. The summed E-state index contributed by atoms with van der Waals surface area (Å²) in [6.45, 7) is 4.48. The van der Waals surface area contributed by atoms with Gasteiger partial charge < -0.3 is 26.0 Å². The van der Waals surface area contributed by atoms with Crippen LogP contribution in [0, 0.1) is 6.92 Å². The van der Waals surface area contributed by atoms with Gasteiger partial charge in [0.25, 0.3) is 0 Å². The first-order valence-electron chi connectivity index (χ1n) is 9.61. The zero-order valence-corrected chi connectivity index (χ0v) is 17.2. The van der Waals surface area contributed by atoms with Crippen LogP contribution in [0.15, 0.2) is 54.6 Å². The molecule has 0 aliphatic heterocycles. The van der Waals surface area contributed by atoms with Crippen molar-refractivity contribution in [3.63, 3.8) is 0 Å². The Morgan fingerprint density at radius 3 is 2.31 bits per heavy atom. The largest absolute Gasteiger partial charge is 0.573 e. The molecule has 1 aromatic heterocycles. The normalized spacial score (nSPS) is 10.9. The van der Waals surface area contributed by atoms with Crippen molar-refractivity contribution < 1.29 is 22.7 Å². The number of amides is 2. The van der Waals surface area contributed by atoms with Gasteiger partial charge in [0, 0.05) is 24.0 Å². The van der Waals surface area contributed by atoms with Gasteiger partial charge in [-0.25, -0.2) is 14.8 Å². The topological polar surface area (TPSA) is 100 Å². The average Bonchev–Trinajstić information content (AvgIpc) is 2.70. The molecule has 0 aliphatic rings. The Kier molecular flexibility index (Phi) is 6.98. The Hall–Kier alpha value is -4.02. The highest BCUT2D eigenvalue weighted by molar-refractivity contribution is 6.00. The Bertz CT molecular complexity index is 1070. The van der Waals surface area contributed by atoms with E-state index in [4.69, 9.17) is 0 Å². The number of hydrogen-bond acceptors (Lipinski definition) is 6. The number of aromatic nitrogens is 2. The average molecular weight is 446 g/mol. The maximum Gasteiger partial charge on any atom is 0.573 e. The number of anilines is 5. The van der Waals surface area contributed by atoms with Crippen molar-refractivity contribution in [3.8, 4) is 5.75 Å². The zero-order chi connectivity index (χ0) is 23.1. The summed E-state index contributed by atoms with van der Waals surface area (Å²) >= 11 is 0. The Balaban J connectivity index is 1.62. The molecule has 0 atom stereocenters. The minimum atomic E-state index is -4.87. The maximum atomic E-state index is 12.5. The molecular weight excluding hydrogens is 425 g/mol. The standard InChI is InChI=1S/C21H21F3N6O2/c1-3-25-18-12-19(27-13(2)26-18)28-14-8-10-15(11-9-14)29-20(31)30-16-6-4-5-7-17(16)32-21(22,23)24/h4-12H,3H2,1-2H3,(H2,29,30,31)(H2,25,26,27,28). The molecule has 11 heteroatoms. The Morgan fingerprint density at radius 1 is 0.969 bits per heavy atom. The number of alkyl halides is 3. The van der Waals surface area contributed by atoms with Gasteiger partial charge in [0.1, 0.15) is 17.5 Å². The molecule has 0 fully saturated rings. The van der Waals surface area contributed by atoms with Crippen LogP contribution in [0.4, 0.5) is 46.7 Å². The monoisotopic (exact) mass is 446 g/mol. The van der Waals surface area contributed by atoms with Crippen molar-refractivity contribution in [3.05, 3.63) is 60.4 Å². The molecule has 1 heterocycles. The third kappa shape index (κ3) is 6.76. The molecule has 32 heavy (non-hydrogen) atoms. The fourth-order valence-electron chi connectivity index (χ4n) is 2.76. The molecule has 0 saturated heterocycles. The molecule has 3 rings (SSSR count).